The van der Waals surface area contributed by atoms with Gasteiger partial charge in [0.1, 0.15) is 5.69 Å². The Morgan fingerprint density at radius 2 is 2.19 bits per heavy atom. The molecule has 5 heteroatoms. The Balaban J connectivity index is 1.84. The zero-order valence-corrected chi connectivity index (χ0v) is 12.8. The fourth-order valence-electron chi connectivity index (χ4n) is 2.93. The Labute approximate surface area is 128 Å². The van der Waals surface area contributed by atoms with Crippen LogP contribution in [-0.2, 0) is 0 Å². The number of anilines is 1. The van der Waals surface area contributed by atoms with E-state index in [1.165, 1.54) is 12.8 Å². The summed E-state index contributed by atoms with van der Waals surface area (Å²) in [5.74, 6) is -0.126. The fraction of sp³-hybridized carbons (Fsp3) is 0.375. The third-order valence-corrected chi connectivity index (χ3v) is 5.22. The van der Waals surface area contributed by atoms with Gasteiger partial charge >= 0.3 is 0 Å². The first-order valence-corrected chi connectivity index (χ1v) is 8.47. The highest BCUT2D eigenvalue weighted by Gasteiger charge is 2.28. The molecule has 0 bridgehead atoms. The Morgan fingerprint density at radius 3 is 3.00 bits per heavy atom. The summed E-state index contributed by atoms with van der Waals surface area (Å²) in [5.41, 5.74) is 7.79. The van der Waals surface area contributed by atoms with Crippen molar-refractivity contribution in [2.24, 2.45) is 0 Å². The van der Waals surface area contributed by atoms with Crippen LogP contribution in [0.25, 0.3) is 10.9 Å². The Kier molecular flexibility index (Phi) is 4.01. The average molecular weight is 301 g/mol. The maximum atomic E-state index is 12.4. The van der Waals surface area contributed by atoms with Crippen molar-refractivity contribution >= 4 is 34.3 Å². The standard InChI is InChI=1S/C16H19N3OS/c1-21-15-8-4-7-13(15)19-16(20)14-9-11(17)10-5-2-3-6-12(10)18-14/h2-3,5-6,9,13,15H,4,7-8H2,1H3,(H2,17,18)(H,19,20). The second-order valence-electron chi connectivity index (χ2n) is 5.40. The van der Waals surface area contributed by atoms with E-state index >= 15 is 0 Å². The number of carbonyl (C=O) groups excluding carboxylic acids is 1. The maximum Gasteiger partial charge on any atom is 0.270 e. The molecule has 2 unspecified atom stereocenters. The molecule has 1 saturated carbocycles. The number of rotatable bonds is 3. The molecular formula is C16H19N3OS. The number of nitrogens with two attached hydrogens (primary N) is 1. The van der Waals surface area contributed by atoms with Crippen LogP contribution in [0.2, 0.25) is 0 Å². The third-order valence-electron chi connectivity index (χ3n) is 4.05. The van der Waals surface area contributed by atoms with Crippen LogP contribution in [0.4, 0.5) is 5.69 Å². The maximum absolute atomic E-state index is 12.4. The zero-order valence-electron chi connectivity index (χ0n) is 12.0. The smallest absolute Gasteiger partial charge is 0.270 e. The number of thioether (sulfide) groups is 1. The van der Waals surface area contributed by atoms with Crippen LogP contribution in [0.3, 0.4) is 0 Å². The van der Waals surface area contributed by atoms with Gasteiger partial charge in [-0.15, -0.1) is 0 Å². The second kappa shape index (κ2) is 5.93. The van der Waals surface area contributed by atoms with E-state index in [-0.39, 0.29) is 11.9 Å². The van der Waals surface area contributed by atoms with Crippen molar-refractivity contribution in [1.29, 1.82) is 0 Å². The molecule has 21 heavy (non-hydrogen) atoms. The molecule has 1 aliphatic carbocycles. The molecule has 0 spiro atoms. The first-order valence-electron chi connectivity index (χ1n) is 7.18. The van der Waals surface area contributed by atoms with Gasteiger partial charge in [-0.25, -0.2) is 4.98 Å². The summed E-state index contributed by atoms with van der Waals surface area (Å²) in [6, 6.07) is 9.52. The number of nitrogens with zero attached hydrogens (tertiary/aromatic N) is 1. The number of amides is 1. The molecule has 1 aromatic carbocycles. The van der Waals surface area contributed by atoms with Crippen LogP contribution in [0.5, 0.6) is 0 Å². The topological polar surface area (TPSA) is 68.0 Å². The van der Waals surface area contributed by atoms with Gasteiger partial charge in [0.15, 0.2) is 0 Å². The number of nitrogens with one attached hydrogen (secondary N) is 1. The molecule has 2 aromatic rings. The lowest BCUT2D eigenvalue weighted by Gasteiger charge is -2.19. The minimum absolute atomic E-state index is 0.126. The van der Waals surface area contributed by atoms with Crippen molar-refractivity contribution in [3.05, 3.63) is 36.0 Å². The number of hydrogen-bond acceptors (Lipinski definition) is 4. The minimum atomic E-state index is -0.126. The van der Waals surface area contributed by atoms with E-state index in [2.05, 4.69) is 16.6 Å². The molecule has 3 N–H and O–H groups in total. The molecule has 4 nitrogen and oxygen atoms in total. The van der Waals surface area contributed by atoms with Crippen molar-refractivity contribution in [3.63, 3.8) is 0 Å². The molecule has 1 aliphatic rings. The third kappa shape index (κ3) is 2.83. The Morgan fingerprint density at radius 1 is 1.38 bits per heavy atom. The van der Waals surface area contributed by atoms with Gasteiger partial charge in [-0.1, -0.05) is 24.6 Å². The summed E-state index contributed by atoms with van der Waals surface area (Å²) < 4.78 is 0. The van der Waals surface area contributed by atoms with Gasteiger partial charge in [-0.05, 0) is 31.2 Å². The SMILES string of the molecule is CSC1CCCC1NC(=O)c1cc(N)c2ccccc2n1. The van der Waals surface area contributed by atoms with E-state index in [0.29, 0.717) is 16.6 Å². The summed E-state index contributed by atoms with van der Waals surface area (Å²) in [4.78, 5) is 16.8. The van der Waals surface area contributed by atoms with E-state index in [0.717, 1.165) is 17.3 Å². The molecule has 3 rings (SSSR count). The highest BCUT2D eigenvalue weighted by molar-refractivity contribution is 7.99. The summed E-state index contributed by atoms with van der Waals surface area (Å²) in [6.07, 6.45) is 5.48. The molecule has 1 aromatic heterocycles. The molecule has 0 saturated heterocycles. The number of para-hydroxylation sites is 1. The number of aromatic nitrogens is 1. The predicted molar refractivity (Wildman–Crippen MR) is 88.6 cm³/mol. The first kappa shape index (κ1) is 14.2. The van der Waals surface area contributed by atoms with Gasteiger partial charge in [0, 0.05) is 22.4 Å². The monoisotopic (exact) mass is 301 g/mol. The van der Waals surface area contributed by atoms with Crippen molar-refractivity contribution in [3.8, 4) is 0 Å². The van der Waals surface area contributed by atoms with Gasteiger partial charge in [-0.2, -0.15) is 11.8 Å². The summed E-state index contributed by atoms with van der Waals surface area (Å²) >= 11 is 1.82. The molecule has 2 atom stereocenters. The van der Waals surface area contributed by atoms with E-state index in [1.807, 2.05) is 36.0 Å². The second-order valence-corrected chi connectivity index (χ2v) is 6.48. The van der Waals surface area contributed by atoms with Gasteiger partial charge in [0.05, 0.1) is 5.52 Å². The lowest BCUT2D eigenvalue weighted by molar-refractivity contribution is 0.0934. The van der Waals surface area contributed by atoms with Gasteiger partial charge in [0.2, 0.25) is 0 Å². The van der Waals surface area contributed by atoms with Crippen molar-refractivity contribution in [1.82, 2.24) is 10.3 Å². The number of benzene rings is 1. The lowest BCUT2D eigenvalue weighted by atomic mass is 10.1. The van der Waals surface area contributed by atoms with Gasteiger partial charge in [0.25, 0.3) is 5.91 Å². The van der Waals surface area contributed by atoms with Crippen LogP contribution in [0.15, 0.2) is 30.3 Å². The fourth-order valence-corrected chi connectivity index (χ4v) is 3.87. The summed E-state index contributed by atoms with van der Waals surface area (Å²) in [5, 5.41) is 4.50. The number of carbonyl (C=O) groups is 1. The first-order chi connectivity index (χ1) is 10.2. The number of hydrogen-bond donors (Lipinski definition) is 2. The predicted octanol–water partition coefficient (Wildman–Crippen LogP) is 2.83. The lowest BCUT2D eigenvalue weighted by Crippen LogP contribution is -2.39. The normalized spacial score (nSPS) is 21.6. The molecule has 1 fully saturated rings. The average Bonchev–Trinajstić information content (AvgIpc) is 2.94. The number of nitrogen functional groups attached to an aromatic ring is 1. The van der Waals surface area contributed by atoms with Crippen LogP contribution < -0.4 is 11.1 Å². The minimum Gasteiger partial charge on any atom is -0.398 e. The molecule has 1 amide bonds. The summed E-state index contributed by atoms with van der Waals surface area (Å²) in [7, 11) is 0. The summed E-state index contributed by atoms with van der Waals surface area (Å²) in [6.45, 7) is 0. The molecule has 0 radical (unpaired) electrons. The van der Waals surface area contributed by atoms with Crippen molar-refractivity contribution < 1.29 is 4.79 Å². The van der Waals surface area contributed by atoms with Crippen LogP contribution in [-0.4, -0.2) is 28.4 Å². The Bertz CT molecular complexity index is 674. The molecule has 110 valence electrons. The number of pyridine rings is 1. The quantitative estimate of drug-likeness (QED) is 0.914. The van der Waals surface area contributed by atoms with E-state index in [4.69, 9.17) is 5.73 Å². The van der Waals surface area contributed by atoms with E-state index in [1.54, 1.807) is 6.07 Å². The molecule has 0 aliphatic heterocycles. The van der Waals surface area contributed by atoms with Crippen molar-refractivity contribution in [2.75, 3.05) is 12.0 Å². The largest absolute Gasteiger partial charge is 0.398 e. The number of fused-ring (bicyclic) bond motifs is 1. The van der Waals surface area contributed by atoms with Crippen LogP contribution >= 0.6 is 11.8 Å². The highest BCUT2D eigenvalue weighted by atomic mass is 32.2. The van der Waals surface area contributed by atoms with Crippen LogP contribution in [0, 0.1) is 0 Å². The van der Waals surface area contributed by atoms with Gasteiger partial charge in [-0.3, -0.25) is 4.79 Å². The molecular weight excluding hydrogens is 282 g/mol. The van der Waals surface area contributed by atoms with E-state index < -0.39 is 0 Å². The van der Waals surface area contributed by atoms with Crippen molar-refractivity contribution in [2.45, 2.75) is 30.6 Å². The molecule has 1 heterocycles. The Hall–Kier alpha value is -1.75. The highest BCUT2D eigenvalue weighted by Crippen LogP contribution is 2.28. The zero-order chi connectivity index (χ0) is 14.8. The van der Waals surface area contributed by atoms with Crippen LogP contribution in [0.1, 0.15) is 29.8 Å². The van der Waals surface area contributed by atoms with E-state index in [9.17, 15) is 4.79 Å². The van der Waals surface area contributed by atoms with Gasteiger partial charge < -0.3 is 11.1 Å².